The number of aromatic nitrogens is 6. The van der Waals surface area contributed by atoms with E-state index in [1.807, 2.05) is 44.2 Å². The molecule has 0 spiro atoms. The maximum absolute atomic E-state index is 6.25. The predicted molar refractivity (Wildman–Crippen MR) is 122 cm³/mol. The molecule has 0 saturated heterocycles. The van der Waals surface area contributed by atoms with Gasteiger partial charge in [0.2, 0.25) is 4.77 Å². The zero-order valence-electron chi connectivity index (χ0n) is 18.0. The lowest BCUT2D eigenvalue weighted by Crippen LogP contribution is -2.09. The molecule has 0 saturated carbocycles. The molecule has 0 radical (unpaired) electrons. The summed E-state index contributed by atoms with van der Waals surface area (Å²) in [5.74, 6) is 1.53. The number of benzene rings is 2. The molecule has 0 aliphatic heterocycles. The Morgan fingerprint density at radius 3 is 2.58 bits per heavy atom. The third-order valence-corrected chi connectivity index (χ3v) is 5.62. The largest absolute Gasteiger partial charge is 0.489 e. The van der Waals surface area contributed by atoms with Crippen LogP contribution in [0.15, 0.2) is 48.7 Å². The zero-order valence-corrected chi connectivity index (χ0v) is 18.8. The third kappa shape index (κ3) is 4.25. The summed E-state index contributed by atoms with van der Waals surface area (Å²) in [6.07, 6.45) is 2.65. The summed E-state index contributed by atoms with van der Waals surface area (Å²) in [6, 6.07) is 14.0. The minimum atomic E-state index is 0.402. The Bertz CT molecular complexity index is 1290. The number of hydrogen-bond acceptors (Lipinski definition) is 6. The molecule has 0 atom stereocenters. The van der Waals surface area contributed by atoms with Crippen molar-refractivity contribution in [2.75, 3.05) is 0 Å². The molecule has 0 unspecified atom stereocenters. The summed E-state index contributed by atoms with van der Waals surface area (Å²) >= 11 is 5.46. The first kappa shape index (κ1) is 20.9. The molecule has 0 aliphatic carbocycles. The summed E-state index contributed by atoms with van der Waals surface area (Å²) in [4.78, 5) is 8.88. The highest BCUT2D eigenvalue weighted by molar-refractivity contribution is 7.71. The van der Waals surface area contributed by atoms with Crippen LogP contribution in [0.4, 0.5) is 0 Å². The molecule has 0 bridgehead atoms. The van der Waals surface area contributed by atoms with Gasteiger partial charge >= 0.3 is 0 Å². The normalized spacial score (nSPS) is 11.0. The highest BCUT2D eigenvalue weighted by atomic mass is 32.1. The Morgan fingerprint density at radius 2 is 1.90 bits per heavy atom. The maximum atomic E-state index is 6.25. The second-order valence-corrected chi connectivity index (χ2v) is 7.72. The molecule has 0 amide bonds. The first-order valence-electron chi connectivity index (χ1n) is 10.1. The highest BCUT2D eigenvalue weighted by Gasteiger charge is 2.14. The molecule has 8 heteroatoms. The van der Waals surface area contributed by atoms with Crippen LogP contribution in [0.1, 0.15) is 29.3 Å². The number of tetrazole rings is 1. The smallest absolute Gasteiger partial charge is 0.220 e. The zero-order chi connectivity index (χ0) is 22.0. The van der Waals surface area contributed by atoms with Crippen molar-refractivity contribution in [3.05, 3.63) is 75.8 Å². The fraction of sp³-hybridized carbons (Fsp3) is 0.261. The van der Waals surface area contributed by atoms with Crippen molar-refractivity contribution in [2.24, 2.45) is 7.05 Å². The molecule has 31 heavy (non-hydrogen) atoms. The number of nitrogens with zero attached hydrogens (tertiary/aromatic N) is 6. The van der Waals surface area contributed by atoms with Gasteiger partial charge in [0.05, 0.1) is 5.69 Å². The van der Waals surface area contributed by atoms with Crippen LogP contribution >= 0.6 is 12.2 Å². The Labute approximate surface area is 186 Å². The van der Waals surface area contributed by atoms with Crippen molar-refractivity contribution < 1.29 is 4.74 Å². The summed E-state index contributed by atoms with van der Waals surface area (Å²) in [7, 11) is 1.79. The SMILES string of the molecule is CCc1cccc(-n2nnn(C)c2=S)c1COc1ccc(-c2nccc(C)n2)cc1C. The van der Waals surface area contributed by atoms with E-state index in [9.17, 15) is 0 Å². The first-order chi connectivity index (χ1) is 15.0. The number of ether oxygens (including phenoxy) is 1. The average Bonchev–Trinajstić information content (AvgIpc) is 3.10. The van der Waals surface area contributed by atoms with E-state index < -0.39 is 0 Å². The Morgan fingerprint density at radius 1 is 1.06 bits per heavy atom. The molecule has 158 valence electrons. The van der Waals surface area contributed by atoms with Crippen molar-refractivity contribution in [1.29, 1.82) is 0 Å². The lowest BCUT2D eigenvalue weighted by Gasteiger charge is -2.16. The van der Waals surface area contributed by atoms with Gasteiger partial charge in [0, 0.05) is 30.1 Å². The maximum Gasteiger partial charge on any atom is 0.220 e. The van der Waals surface area contributed by atoms with Gasteiger partial charge in [-0.25, -0.2) is 14.6 Å². The summed E-state index contributed by atoms with van der Waals surface area (Å²) in [5.41, 5.74) is 6.05. The highest BCUT2D eigenvalue weighted by Crippen LogP contribution is 2.27. The van der Waals surface area contributed by atoms with Crippen molar-refractivity contribution >= 4 is 12.2 Å². The Balaban J connectivity index is 1.64. The van der Waals surface area contributed by atoms with Crippen molar-refractivity contribution in [3.63, 3.8) is 0 Å². The van der Waals surface area contributed by atoms with Crippen LogP contribution in [0.2, 0.25) is 0 Å². The van der Waals surface area contributed by atoms with Crippen LogP contribution in [0.5, 0.6) is 5.75 Å². The van der Waals surface area contributed by atoms with Crippen LogP contribution in [0.25, 0.3) is 17.1 Å². The minimum absolute atomic E-state index is 0.402. The lowest BCUT2D eigenvalue weighted by atomic mass is 10.0. The van der Waals surface area contributed by atoms with Crippen molar-refractivity contribution in [3.8, 4) is 22.8 Å². The summed E-state index contributed by atoms with van der Waals surface area (Å²) in [5, 5.41) is 8.24. The lowest BCUT2D eigenvalue weighted by molar-refractivity contribution is 0.302. The van der Waals surface area contributed by atoms with E-state index in [1.54, 1.807) is 22.6 Å². The summed E-state index contributed by atoms with van der Waals surface area (Å²) < 4.78 is 10.0. The van der Waals surface area contributed by atoms with Crippen LogP contribution in [0.3, 0.4) is 0 Å². The number of hydrogen-bond donors (Lipinski definition) is 0. The standard InChI is InChI=1S/C23H24N6OS/c1-5-17-7-6-8-20(29-23(31)28(4)26-27-29)19(17)14-30-21-10-9-18(13-15(21)2)22-24-12-11-16(3)25-22/h6-13H,5,14H2,1-4H3. The molecule has 0 N–H and O–H groups in total. The van der Waals surface area contributed by atoms with Gasteiger partial charge in [-0.1, -0.05) is 19.1 Å². The van der Waals surface area contributed by atoms with E-state index in [1.165, 1.54) is 5.56 Å². The minimum Gasteiger partial charge on any atom is -0.489 e. The van der Waals surface area contributed by atoms with Gasteiger partial charge in [-0.05, 0) is 84.4 Å². The van der Waals surface area contributed by atoms with E-state index in [2.05, 4.69) is 39.5 Å². The van der Waals surface area contributed by atoms with Crippen molar-refractivity contribution in [2.45, 2.75) is 33.8 Å². The van der Waals surface area contributed by atoms with Crippen LogP contribution < -0.4 is 4.74 Å². The quantitative estimate of drug-likeness (QED) is 0.416. The van der Waals surface area contributed by atoms with Gasteiger partial charge in [0.1, 0.15) is 12.4 Å². The second-order valence-electron chi connectivity index (χ2n) is 7.36. The fourth-order valence-corrected chi connectivity index (χ4v) is 3.64. The van der Waals surface area contributed by atoms with Gasteiger partial charge in [-0.2, -0.15) is 4.68 Å². The fourth-order valence-electron chi connectivity index (χ4n) is 3.47. The predicted octanol–water partition coefficient (Wildman–Crippen LogP) is 4.55. The summed E-state index contributed by atoms with van der Waals surface area (Å²) in [6.45, 7) is 6.51. The molecule has 2 aromatic carbocycles. The molecule has 4 aromatic rings. The molecular weight excluding hydrogens is 408 g/mol. The number of aryl methyl sites for hydroxylation is 4. The molecule has 0 aliphatic rings. The van der Waals surface area contributed by atoms with E-state index in [0.717, 1.165) is 40.2 Å². The van der Waals surface area contributed by atoms with E-state index in [0.29, 0.717) is 17.2 Å². The second kappa shape index (κ2) is 8.77. The first-order valence-corrected chi connectivity index (χ1v) is 10.5. The van der Waals surface area contributed by atoms with E-state index >= 15 is 0 Å². The van der Waals surface area contributed by atoms with Crippen molar-refractivity contribution in [1.82, 2.24) is 29.8 Å². The third-order valence-electron chi connectivity index (χ3n) is 5.18. The van der Waals surface area contributed by atoms with E-state index in [-0.39, 0.29) is 0 Å². The molecule has 0 fully saturated rings. The average molecular weight is 433 g/mol. The van der Waals surface area contributed by atoms with Crippen LogP contribution in [0, 0.1) is 18.6 Å². The molecular formula is C23H24N6OS. The van der Waals surface area contributed by atoms with Gasteiger partial charge in [0.15, 0.2) is 5.82 Å². The Hall–Kier alpha value is -3.39. The Kier molecular flexibility index (Phi) is 5.90. The van der Waals surface area contributed by atoms with Gasteiger partial charge in [-0.3, -0.25) is 0 Å². The van der Waals surface area contributed by atoms with Crippen LogP contribution in [-0.4, -0.2) is 29.8 Å². The van der Waals surface area contributed by atoms with Gasteiger partial charge in [-0.15, -0.1) is 0 Å². The monoisotopic (exact) mass is 432 g/mol. The van der Waals surface area contributed by atoms with Gasteiger partial charge < -0.3 is 4.74 Å². The topological polar surface area (TPSA) is 70.7 Å². The molecule has 2 aromatic heterocycles. The van der Waals surface area contributed by atoms with E-state index in [4.69, 9.17) is 17.0 Å². The van der Waals surface area contributed by atoms with Gasteiger partial charge in [0.25, 0.3) is 0 Å². The molecule has 2 heterocycles. The number of rotatable bonds is 6. The van der Waals surface area contributed by atoms with Crippen LogP contribution in [-0.2, 0) is 20.1 Å². The molecule has 7 nitrogen and oxygen atoms in total. The molecule has 4 rings (SSSR count).